The van der Waals surface area contributed by atoms with E-state index in [1.165, 1.54) is 6.08 Å². The second kappa shape index (κ2) is 6.16. The van der Waals surface area contributed by atoms with E-state index in [-0.39, 0.29) is 23.0 Å². The number of amides is 2. The molecular formula is C18H24N2O3. The minimum absolute atomic E-state index is 0.0343. The van der Waals surface area contributed by atoms with Crippen molar-refractivity contribution in [2.24, 2.45) is 0 Å². The minimum Gasteiger partial charge on any atom is -0.371 e. The molecule has 1 aliphatic heterocycles. The number of ether oxygens (including phenoxy) is 1. The van der Waals surface area contributed by atoms with Gasteiger partial charge in [-0.25, -0.2) is 0 Å². The lowest BCUT2D eigenvalue weighted by atomic mass is 9.95. The van der Waals surface area contributed by atoms with Gasteiger partial charge in [-0.15, -0.1) is 0 Å². The summed E-state index contributed by atoms with van der Waals surface area (Å²) >= 11 is 0. The first-order valence-corrected chi connectivity index (χ1v) is 7.64. The molecule has 23 heavy (non-hydrogen) atoms. The molecule has 2 amide bonds. The summed E-state index contributed by atoms with van der Waals surface area (Å²) in [7, 11) is 0. The van der Waals surface area contributed by atoms with Gasteiger partial charge in [0.25, 0.3) is 5.91 Å². The van der Waals surface area contributed by atoms with Crippen molar-refractivity contribution in [2.45, 2.75) is 38.8 Å². The van der Waals surface area contributed by atoms with Crippen molar-refractivity contribution < 1.29 is 14.3 Å². The van der Waals surface area contributed by atoms with Crippen LogP contribution >= 0.6 is 0 Å². The van der Waals surface area contributed by atoms with E-state index in [4.69, 9.17) is 4.74 Å². The average molecular weight is 316 g/mol. The number of rotatable bonds is 3. The highest BCUT2D eigenvalue weighted by Crippen LogP contribution is 2.29. The van der Waals surface area contributed by atoms with Crippen molar-refractivity contribution in [2.75, 3.05) is 18.5 Å². The van der Waals surface area contributed by atoms with Crippen molar-refractivity contribution in [3.05, 3.63) is 42.5 Å². The van der Waals surface area contributed by atoms with Crippen LogP contribution in [0.4, 0.5) is 5.69 Å². The normalized spacial score (nSPS) is 19.0. The molecule has 1 N–H and O–H groups in total. The van der Waals surface area contributed by atoms with Crippen molar-refractivity contribution in [3.63, 3.8) is 0 Å². The summed E-state index contributed by atoms with van der Waals surface area (Å²) in [5.74, 6) is -0.312. The molecule has 124 valence electrons. The minimum atomic E-state index is -0.359. The van der Waals surface area contributed by atoms with Crippen LogP contribution in [0.25, 0.3) is 0 Å². The number of hydrogen-bond acceptors (Lipinski definition) is 3. The molecule has 1 aliphatic rings. The molecule has 0 radical (unpaired) electrons. The van der Waals surface area contributed by atoms with Gasteiger partial charge < -0.3 is 15.0 Å². The summed E-state index contributed by atoms with van der Waals surface area (Å²) in [6.45, 7) is 12.4. The van der Waals surface area contributed by atoms with Crippen LogP contribution in [0.1, 0.15) is 38.1 Å². The quantitative estimate of drug-likeness (QED) is 0.872. The van der Waals surface area contributed by atoms with E-state index in [0.29, 0.717) is 24.4 Å². The van der Waals surface area contributed by atoms with Crippen LogP contribution in [0.5, 0.6) is 0 Å². The molecule has 0 bridgehead atoms. The van der Waals surface area contributed by atoms with Crippen LogP contribution in [0.2, 0.25) is 0 Å². The van der Waals surface area contributed by atoms with Crippen LogP contribution in [0.3, 0.4) is 0 Å². The van der Waals surface area contributed by atoms with Crippen molar-refractivity contribution in [1.82, 2.24) is 4.90 Å². The molecule has 1 saturated heterocycles. The fraction of sp³-hybridized carbons (Fsp3) is 0.444. The number of morpholine rings is 1. The Morgan fingerprint density at radius 1 is 1.22 bits per heavy atom. The molecule has 0 aromatic heterocycles. The Hall–Kier alpha value is -2.14. The summed E-state index contributed by atoms with van der Waals surface area (Å²) in [4.78, 5) is 26.0. The molecule has 0 unspecified atom stereocenters. The van der Waals surface area contributed by atoms with E-state index in [1.807, 2.05) is 32.6 Å². The highest BCUT2D eigenvalue weighted by Gasteiger charge is 2.41. The summed E-state index contributed by atoms with van der Waals surface area (Å²) in [6, 6.07) is 6.87. The zero-order valence-corrected chi connectivity index (χ0v) is 14.2. The van der Waals surface area contributed by atoms with E-state index >= 15 is 0 Å². The van der Waals surface area contributed by atoms with Gasteiger partial charge in [0.05, 0.1) is 24.3 Å². The van der Waals surface area contributed by atoms with Gasteiger partial charge in [-0.1, -0.05) is 6.58 Å². The smallest absolute Gasteiger partial charge is 0.254 e. The standard InChI is InChI=1S/C18H24N2O3/c1-6-15(21)19-14-9-7-13(8-10-14)16(22)20-11-18(4,5)23-12-17(20,2)3/h6-10H,1,11-12H2,2-5H3,(H,19,21). The van der Waals surface area contributed by atoms with Gasteiger partial charge in [0, 0.05) is 11.3 Å². The predicted molar refractivity (Wildman–Crippen MR) is 90.4 cm³/mol. The number of benzene rings is 1. The Kier molecular flexibility index (Phi) is 4.61. The Balaban J connectivity index is 2.18. The fourth-order valence-electron chi connectivity index (χ4n) is 2.48. The van der Waals surface area contributed by atoms with Crippen LogP contribution in [0, 0.1) is 0 Å². The molecule has 2 rings (SSSR count). The second-order valence-corrected chi connectivity index (χ2v) is 7.02. The highest BCUT2D eigenvalue weighted by atomic mass is 16.5. The third kappa shape index (κ3) is 3.99. The number of hydrogen-bond donors (Lipinski definition) is 1. The Bertz CT molecular complexity index is 618. The monoisotopic (exact) mass is 316 g/mol. The average Bonchev–Trinajstić information content (AvgIpc) is 2.50. The Morgan fingerprint density at radius 3 is 2.39 bits per heavy atom. The third-order valence-corrected chi connectivity index (χ3v) is 3.92. The lowest BCUT2D eigenvalue weighted by molar-refractivity contribution is -0.128. The topological polar surface area (TPSA) is 58.6 Å². The second-order valence-electron chi connectivity index (χ2n) is 7.02. The molecule has 0 spiro atoms. The molecule has 5 heteroatoms. The Labute approximate surface area is 137 Å². The van der Waals surface area contributed by atoms with Gasteiger partial charge in [-0.05, 0) is 58.0 Å². The van der Waals surface area contributed by atoms with E-state index in [9.17, 15) is 9.59 Å². The molecule has 1 aromatic carbocycles. The molecular weight excluding hydrogens is 292 g/mol. The summed E-state index contributed by atoms with van der Waals surface area (Å²) in [5.41, 5.74) is 0.506. The molecule has 0 aliphatic carbocycles. The van der Waals surface area contributed by atoms with Crippen LogP contribution in [0.15, 0.2) is 36.9 Å². The lowest BCUT2D eigenvalue weighted by Crippen LogP contribution is -2.61. The molecule has 5 nitrogen and oxygen atoms in total. The van der Waals surface area contributed by atoms with Crippen molar-refractivity contribution >= 4 is 17.5 Å². The third-order valence-electron chi connectivity index (χ3n) is 3.92. The fourth-order valence-corrected chi connectivity index (χ4v) is 2.48. The zero-order valence-electron chi connectivity index (χ0n) is 14.2. The lowest BCUT2D eigenvalue weighted by Gasteiger charge is -2.48. The van der Waals surface area contributed by atoms with E-state index in [2.05, 4.69) is 11.9 Å². The van der Waals surface area contributed by atoms with Gasteiger partial charge in [0.2, 0.25) is 5.91 Å². The molecule has 1 heterocycles. The van der Waals surface area contributed by atoms with Gasteiger partial charge in [0.1, 0.15) is 0 Å². The maximum atomic E-state index is 12.9. The molecule has 1 aromatic rings. The van der Waals surface area contributed by atoms with Gasteiger partial charge in [-0.2, -0.15) is 0 Å². The molecule has 0 atom stereocenters. The molecule has 1 fully saturated rings. The zero-order chi connectivity index (χ0) is 17.3. The first-order valence-electron chi connectivity index (χ1n) is 7.64. The maximum Gasteiger partial charge on any atom is 0.254 e. The first kappa shape index (κ1) is 17.2. The number of carbonyl (C=O) groups is 2. The van der Waals surface area contributed by atoms with Crippen molar-refractivity contribution in [3.8, 4) is 0 Å². The van der Waals surface area contributed by atoms with Crippen molar-refractivity contribution in [1.29, 1.82) is 0 Å². The maximum absolute atomic E-state index is 12.9. The summed E-state index contributed by atoms with van der Waals surface area (Å²) in [5, 5.41) is 2.66. The summed E-state index contributed by atoms with van der Waals surface area (Å²) in [6.07, 6.45) is 1.21. The van der Waals surface area contributed by atoms with Crippen LogP contribution in [-0.2, 0) is 9.53 Å². The Morgan fingerprint density at radius 2 is 1.83 bits per heavy atom. The summed E-state index contributed by atoms with van der Waals surface area (Å²) < 4.78 is 5.82. The highest BCUT2D eigenvalue weighted by molar-refractivity contribution is 5.99. The largest absolute Gasteiger partial charge is 0.371 e. The van der Waals surface area contributed by atoms with E-state index in [0.717, 1.165) is 0 Å². The van der Waals surface area contributed by atoms with Crippen LogP contribution in [-0.4, -0.2) is 41.0 Å². The van der Waals surface area contributed by atoms with Gasteiger partial charge in [0.15, 0.2) is 0 Å². The number of nitrogens with zero attached hydrogens (tertiary/aromatic N) is 1. The number of anilines is 1. The van der Waals surface area contributed by atoms with Gasteiger partial charge >= 0.3 is 0 Å². The SMILES string of the molecule is C=CC(=O)Nc1ccc(C(=O)N2CC(C)(C)OCC2(C)C)cc1. The van der Waals surface area contributed by atoms with E-state index in [1.54, 1.807) is 24.3 Å². The molecule has 0 saturated carbocycles. The number of carbonyl (C=O) groups excluding carboxylic acids is 2. The number of nitrogens with one attached hydrogen (secondary N) is 1. The van der Waals surface area contributed by atoms with Gasteiger partial charge in [-0.3, -0.25) is 9.59 Å². The predicted octanol–water partition coefficient (Wildman–Crippen LogP) is 2.84. The first-order chi connectivity index (χ1) is 10.6. The van der Waals surface area contributed by atoms with Crippen LogP contribution < -0.4 is 5.32 Å². The van der Waals surface area contributed by atoms with E-state index < -0.39 is 0 Å².